The maximum absolute atomic E-state index is 14.9. The molecule has 0 aliphatic carbocycles. The van der Waals surface area contributed by atoms with E-state index in [9.17, 15) is 4.39 Å². The number of halogens is 1. The SMILES string of the molecule is C=C1NCCc2cc(-c3cc(-c4ccc(N5CCCN(C)CC5)cc4)c(F)nc3N)ccc21. The Balaban J connectivity index is 1.46. The molecule has 170 valence electrons. The first-order valence-corrected chi connectivity index (χ1v) is 11.6. The highest BCUT2D eigenvalue weighted by Gasteiger charge is 2.18. The van der Waals surface area contributed by atoms with Crippen LogP contribution in [0.15, 0.2) is 55.1 Å². The van der Waals surface area contributed by atoms with E-state index in [1.165, 1.54) is 11.3 Å². The van der Waals surface area contributed by atoms with Crippen LogP contribution in [0, 0.1) is 5.95 Å². The molecular formula is C27H30FN5. The molecule has 0 spiro atoms. The maximum Gasteiger partial charge on any atom is 0.222 e. The van der Waals surface area contributed by atoms with Crippen LogP contribution in [0.25, 0.3) is 28.0 Å². The Kier molecular flexibility index (Phi) is 5.77. The van der Waals surface area contributed by atoms with Crippen LogP contribution in [0.2, 0.25) is 0 Å². The van der Waals surface area contributed by atoms with E-state index in [4.69, 9.17) is 5.73 Å². The molecular weight excluding hydrogens is 413 g/mol. The Morgan fingerprint density at radius 1 is 0.939 bits per heavy atom. The summed E-state index contributed by atoms with van der Waals surface area (Å²) in [5, 5.41) is 3.29. The smallest absolute Gasteiger partial charge is 0.222 e. The van der Waals surface area contributed by atoms with Gasteiger partial charge in [-0.05, 0) is 61.3 Å². The van der Waals surface area contributed by atoms with Crippen molar-refractivity contribution in [3.63, 3.8) is 0 Å². The number of rotatable bonds is 3. The molecule has 0 bridgehead atoms. The molecule has 5 nitrogen and oxygen atoms in total. The van der Waals surface area contributed by atoms with Gasteiger partial charge in [0, 0.05) is 54.3 Å². The predicted octanol–water partition coefficient (Wildman–Crippen LogP) is 4.40. The van der Waals surface area contributed by atoms with Crippen LogP contribution < -0.4 is 16.0 Å². The second-order valence-corrected chi connectivity index (χ2v) is 8.98. The molecule has 1 aromatic heterocycles. The quantitative estimate of drug-likeness (QED) is 0.588. The van der Waals surface area contributed by atoms with Gasteiger partial charge < -0.3 is 20.9 Å². The molecule has 0 atom stereocenters. The van der Waals surface area contributed by atoms with Crippen LogP contribution in [0.3, 0.4) is 0 Å². The summed E-state index contributed by atoms with van der Waals surface area (Å²) in [5.74, 6) is -0.342. The maximum atomic E-state index is 14.9. The van der Waals surface area contributed by atoms with Crippen molar-refractivity contribution in [1.82, 2.24) is 15.2 Å². The fraction of sp³-hybridized carbons (Fsp3) is 0.296. The molecule has 0 saturated carbocycles. The lowest BCUT2D eigenvalue weighted by Gasteiger charge is -2.23. The number of nitrogen functional groups attached to an aromatic ring is 1. The van der Waals surface area contributed by atoms with E-state index >= 15 is 0 Å². The molecule has 2 aliphatic heterocycles. The average Bonchev–Trinajstić information content (AvgIpc) is 3.04. The monoisotopic (exact) mass is 443 g/mol. The standard InChI is InChI=1S/C27H30FN5/c1-18-23-9-6-20(16-21(23)10-11-30-18)25-17-24(26(28)31-27(25)29)19-4-7-22(8-5-19)33-13-3-12-32(2)14-15-33/h4-9,16-17,30H,1,3,10-15H2,2H3,(H2,29,31). The van der Waals surface area contributed by atoms with Gasteiger partial charge in [0.05, 0.1) is 0 Å². The molecule has 3 N–H and O–H groups in total. The van der Waals surface area contributed by atoms with Crippen molar-refractivity contribution >= 4 is 17.2 Å². The van der Waals surface area contributed by atoms with Gasteiger partial charge in [-0.25, -0.2) is 4.98 Å². The molecule has 1 fully saturated rings. The fourth-order valence-electron chi connectivity index (χ4n) is 4.80. The molecule has 2 aromatic carbocycles. The van der Waals surface area contributed by atoms with Crippen molar-refractivity contribution in [2.45, 2.75) is 12.8 Å². The number of nitrogens with one attached hydrogen (secondary N) is 1. The van der Waals surface area contributed by atoms with Gasteiger partial charge in [-0.15, -0.1) is 0 Å². The normalized spacial score (nSPS) is 16.8. The number of hydrogen-bond donors (Lipinski definition) is 2. The topological polar surface area (TPSA) is 57.4 Å². The number of pyridine rings is 1. The molecule has 6 heteroatoms. The summed E-state index contributed by atoms with van der Waals surface area (Å²) >= 11 is 0. The highest BCUT2D eigenvalue weighted by molar-refractivity contribution is 5.81. The third-order valence-electron chi connectivity index (χ3n) is 6.74. The number of aromatic nitrogens is 1. The summed E-state index contributed by atoms with van der Waals surface area (Å²) in [6.45, 7) is 9.14. The second-order valence-electron chi connectivity index (χ2n) is 8.98. The zero-order valence-electron chi connectivity index (χ0n) is 19.1. The zero-order chi connectivity index (χ0) is 22.9. The van der Waals surface area contributed by atoms with Gasteiger partial charge in [0.2, 0.25) is 5.95 Å². The molecule has 2 aliphatic rings. The Hall–Kier alpha value is -3.38. The van der Waals surface area contributed by atoms with Crippen LogP contribution in [-0.4, -0.2) is 49.7 Å². The van der Waals surface area contributed by atoms with E-state index < -0.39 is 5.95 Å². The summed E-state index contributed by atoms with van der Waals surface area (Å²) in [5.41, 5.74) is 13.6. The zero-order valence-corrected chi connectivity index (χ0v) is 19.1. The van der Waals surface area contributed by atoms with Crippen LogP contribution in [0.1, 0.15) is 17.5 Å². The average molecular weight is 444 g/mol. The predicted molar refractivity (Wildman–Crippen MR) is 135 cm³/mol. The molecule has 33 heavy (non-hydrogen) atoms. The van der Waals surface area contributed by atoms with Crippen molar-refractivity contribution in [3.8, 4) is 22.3 Å². The van der Waals surface area contributed by atoms with Gasteiger partial charge in [-0.3, -0.25) is 0 Å². The lowest BCUT2D eigenvalue weighted by atomic mass is 9.93. The van der Waals surface area contributed by atoms with Gasteiger partial charge >= 0.3 is 0 Å². The Bertz CT molecular complexity index is 1190. The number of benzene rings is 2. The fourth-order valence-corrected chi connectivity index (χ4v) is 4.80. The van der Waals surface area contributed by atoms with Crippen molar-refractivity contribution in [2.24, 2.45) is 0 Å². The van der Waals surface area contributed by atoms with Gasteiger partial charge in [-0.1, -0.05) is 36.9 Å². The summed E-state index contributed by atoms with van der Waals surface area (Å²) in [6.07, 6.45) is 2.06. The number of anilines is 2. The van der Waals surface area contributed by atoms with Crippen molar-refractivity contribution < 1.29 is 4.39 Å². The van der Waals surface area contributed by atoms with E-state index in [1.807, 2.05) is 24.3 Å². The van der Waals surface area contributed by atoms with Crippen molar-refractivity contribution in [2.75, 3.05) is 50.4 Å². The molecule has 3 heterocycles. The lowest BCUT2D eigenvalue weighted by Crippen LogP contribution is -2.28. The molecule has 5 rings (SSSR count). The van der Waals surface area contributed by atoms with Gasteiger partial charge in [0.1, 0.15) is 5.82 Å². The van der Waals surface area contributed by atoms with Crippen LogP contribution >= 0.6 is 0 Å². The number of nitrogens with zero attached hydrogens (tertiary/aromatic N) is 3. The molecule has 1 saturated heterocycles. The first-order valence-electron chi connectivity index (χ1n) is 11.6. The Labute approximate surface area is 194 Å². The second kappa shape index (κ2) is 8.87. The highest BCUT2D eigenvalue weighted by Crippen LogP contribution is 2.34. The van der Waals surface area contributed by atoms with Gasteiger partial charge in [0.25, 0.3) is 0 Å². The van der Waals surface area contributed by atoms with Crippen molar-refractivity contribution in [1.29, 1.82) is 0 Å². The third-order valence-corrected chi connectivity index (χ3v) is 6.74. The summed E-state index contributed by atoms with van der Waals surface area (Å²) in [7, 11) is 2.16. The number of fused-ring (bicyclic) bond motifs is 1. The van der Waals surface area contributed by atoms with E-state index in [-0.39, 0.29) is 5.82 Å². The van der Waals surface area contributed by atoms with Crippen LogP contribution in [0.5, 0.6) is 0 Å². The lowest BCUT2D eigenvalue weighted by molar-refractivity contribution is 0.360. The summed E-state index contributed by atoms with van der Waals surface area (Å²) < 4.78 is 14.9. The van der Waals surface area contributed by atoms with Gasteiger partial charge in [0.15, 0.2) is 0 Å². The van der Waals surface area contributed by atoms with Crippen LogP contribution in [-0.2, 0) is 6.42 Å². The van der Waals surface area contributed by atoms with E-state index in [0.29, 0.717) is 5.56 Å². The molecule has 0 radical (unpaired) electrons. The highest BCUT2D eigenvalue weighted by atomic mass is 19.1. The minimum atomic E-state index is -0.545. The minimum absolute atomic E-state index is 0.203. The largest absolute Gasteiger partial charge is 0.385 e. The number of nitrogens with two attached hydrogens (primary N) is 1. The van der Waals surface area contributed by atoms with Gasteiger partial charge in [-0.2, -0.15) is 4.39 Å². The Morgan fingerprint density at radius 3 is 2.55 bits per heavy atom. The molecule has 0 unspecified atom stereocenters. The molecule has 0 amide bonds. The minimum Gasteiger partial charge on any atom is -0.385 e. The van der Waals surface area contributed by atoms with E-state index in [1.54, 1.807) is 0 Å². The summed E-state index contributed by atoms with van der Waals surface area (Å²) in [4.78, 5) is 8.81. The first-order chi connectivity index (χ1) is 16.0. The van der Waals surface area contributed by atoms with Crippen molar-refractivity contribution in [3.05, 3.63) is 72.2 Å². The van der Waals surface area contributed by atoms with Crippen LogP contribution in [0.4, 0.5) is 15.9 Å². The first kappa shape index (κ1) is 21.5. The van der Waals surface area contributed by atoms with E-state index in [0.717, 1.165) is 73.5 Å². The number of hydrogen-bond acceptors (Lipinski definition) is 5. The van der Waals surface area contributed by atoms with E-state index in [2.05, 4.69) is 58.0 Å². The third kappa shape index (κ3) is 4.31. The summed E-state index contributed by atoms with van der Waals surface area (Å²) in [6, 6.07) is 16.1. The number of likely N-dealkylation sites (N-methyl/N-ethyl adjacent to an activating group) is 1. The Morgan fingerprint density at radius 2 is 1.73 bits per heavy atom. The molecule has 3 aromatic rings.